The smallest absolute Gasteiger partial charge is 0.338 e. The van der Waals surface area contributed by atoms with Crippen molar-refractivity contribution in [2.45, 2.75) is 20.0 Å². The van der Waals surface area contributed by atoms with Gasteiger partial charge in [-0.2, -0.15) is 0 Å². The van der Waals surface area contributed by atoms with Gasteiger partial charge < -0.3 is 19.1 Å². The van der Waals surface area contributed by atoms with E-state index in [0.717, 1.165) is 33.5 Å². The van der Waals surface area contributed by atoms with Crippen molar-refractivity contribution in [3.8, 4) is 11.5 Å². The molecule has 3 rings (SSSR count). The number of ether oxygens (including phenoxy) is 3. The summed E-state index contributed by atoms with van der Waals surface area (Å²) in [7, 11) is 3.33. The lowest BCUT2D eigenvalue weighted by Crippen LogP contribution is -2.27. The normalized spacial score (nSPS) is 10.8. The molecule has 0 radical (unpaired) electrons. The molecule has 0 aromatic heterocycles. The van der Waals surface area contributed by atoms with Crippen LogP contribution in [0.15, 0.2) is 77.8 Å². The molecule has 0 aliphatic heterocycles. The van der Waals surface area contributed by atoms with Crippen molar-refractivity contribution in [2.24, 2.45) is 4.99 Å². The molecular formula is C27H31IN2O4S. The summed E-state index contributed by atoms with van der Waals surface area (Å²) in [6.45, 7) is 3.50. The number of methoxy groups -OCH3 is 2. The number of benzene rings is 3. The van der Waals surface area contributed by atoms with Gasteiger partial charge in [-0.1, -0.05) is 36.0 Å². The largest absolute Gasteiger partial charge is 0.497 e. The molecule has 6 nitrogen and oxygen atoms in total. The van der Waals surface area contributed by atoms with Gasteiger partial charge in [0.05, 0.1) is 32.1 Å². The first-order valence-electron chi connectivity index (χ1n) is 11.0. The predicted octanol–water partition coefficient (Wildman–Crippen LogP) is 6.55. The highest BCUT2D eigenvalue weighted by Crippen LogP contribution is 2.23. The first-order chi connectivity index (χ1) is 16.6. The zero-order valence-electron chi connectivity index (χ0n) is 20.4. The van der Waals surface area contributed by atoms with Crippen LogP contribution in [0.4, 0.5) is 5.69 Å². The Labute approximate surface area is 228 Å². The number of halogens is 1. The summed E-state index contributed by atoms with van der Waals surface area (Å²) in [5.74, 6) is 1.32. The van der Waals surface area contributed by atoms with E-state index in [9.17, 15) is 4.79 Å². The predicted molar refractivity (Wildman–Crippen MR) is 154 cm³/mol. The van der Waals surface area contributed by atoms with Gasteiger partial charge in [-0.3, -0.25) is 0 Å². The second kappa shape index (κ2) is 14.6. The van der Waals surface area contributed by atoms with Gasteiger partial charge in [0.15, 0.2) is 5.17 Å². The average Bonchev–Trinajstić information content (AvgIpc) is 2.88. The molecule has 0 saturated heterocycles. The van der Waals surface area contributed by atoms with E-state index in [1.54, 1.807) is 45.0 Å². The summed E-state index contributed by atoms with van der Waals surface area (Å²) in [4.78, 5) is 19.1. The van der Waals surface area contributed by atoms with Crippen molar-refractivity contribution in [1.29, 1.82) is 0 Å². The van der Waals surface area contributed by atoms with Crippen LogP contribution < -0.4 is 9.47 Å². The van der Waals surface area contributed by atoms with Crippen LogP contribution >= 0.6 is 35.7 Å². The van der Waals surface area contributed by atoms with E-state index in [-0.39, 0.29) is 29.9 Å². The van der Waals surface area contributed by atoms with Crippen molar-refractivity contribution in [1.82, 2.24) is 4.90 Å². The maximum Gasteiger partial charge on any atom is 0.338 e. The Morgan fingerprint density at radius 3 is 1.71 bits per heavy atom. The molecule has 0 fully saturated rings. The lowest BCUT2D eigenvalue weighted by atomic mass is 10.1. The SMILES string of the molecule is CCOC(=O)c1ccc(N=C(SC)N(Cc2ccc(OC)cc2)Cc2ccc(OC)cc2)cc1.I. The lowest BCUT2D eigenvalue weighted by Gasteiger charge is -2.26. The van der Waals surface area contributed by atoms with E-state index in [2.05, 4.69) is 29.2 Å². The van der Waals surface area contributed by atoms with Gasteiger partial charge in [-0.05, 0) is 72.8 Å². The highest BCUT2D eigenvalue weighted by atomic mass is 127. The Balaban J connectivity index is 0.00000432. The standard InChI is InChI=1S/C27H30N2O4S.HI/c1-5-33-26(30)22-10-12-23(13-11-22)28-27(34-4)29(18-20-6-14-24(31-2)15-7-20)19-21-8-16-25(32-3)17-9-21;/h6-17H,5,18-19H2,1-4H3;1H. The Kier molecular flexibility index (Phi) is 11.9. The van der Waals surface area contributed by atoms with Gasteiger partial charge in [0.2, 0.25) is 0 Å². The third-order valence-corrected chi connectivity index (χ3v) is 5.84. The number of carbonyl (C=O) groups is 1. The number of esters is 1. The van der Waals surface area contributed by atoms with Gasteiger partial charge in [-0.15, -0.1) is 24.0 Å². The Bertz CT molecular complexity index is 1040. The number of nitrogens with zero attached hydrogens (tertiary/aromatic N) is 2. The second-order valence-electron chi connectivity index (χ2n) is 7.42. The van der Waals surface area contributed by atoms with Gasteiger partial charge in [0.1, 0.15) is 11.5 Å². The number of thioether (sulfide) groups is 1. The van der Waals surface area contributed by atoms with E-state index in [0.29, 0.717) is 25.3 Å². The van der Waals surface area contributed by atoms with Crippen molar-refractivity contribution in [3.05, 3.63) is 89.5 Å². The van der Waals surface area contributed by atoms with Crippen molar-refractivity contribution >= 4 is 52.6 Å². The average molecular weight is 607 g/mol. The number of amidine groups is 1. The summed E-state index contributed by atoms with van der Waals surface area (Å²) in [6.07, 6.45) is 2.01. The molecule has 3 aromatic carbocycles. The van der Waals surface area contributed by atoms with Crippen LogP contribution in [0.3, 0.4) is 0 Å². The molecule has 0 aliphatic rings. The molecule has 0 saturated carbocycles. The third kappa shape index (κ3) is 8.47. The lowest BCUT2D eigenvalue weighted by molar-refractivity contribution is 0.0526. The third-order valence-electron chi connectivity index (χ3n) is 5.12. The maximum atomic E-state index is 12.0. The highest BCUT2D eigenvalue weighted by Gasteiger charge is 2.14. The molecular weight excluding hydrogens is 575 g/mol. The fourth-order valence-electron chi connectivity index (χ4n) is 3.34. The fourth-order valence-corrected chi connectivity index (χ4v) is 3.92. The van der Waals surface area contributed by atoms with Crippen LogP contribution in [0.5, 0.6) is 11.5 Å². The van der Waals surface area contributed by atoms with Crippen LogP contribution in [0.25, 0.3) is 0 Å². The molecule has 0 atom stereocenters. The van der Waals surface area contributed by atoms with E-state index in [1.165, 1.54) is 0 Å². The van der Waals surface area contributed by atoms with E-state index in [1.807, 2.05) is 42.7 Å². The number of hydrogen-bond donors (Lipinski definition) is 0. The first kappa shape index (κ1) is 28.5. The van der Waals surface area contributed by atoms with Gasteiger partial charge in [-0.25, -0.2) is 9.79 Å². The summed E-state index contributed by atoms with van der Waals surface area (Å²) in [5.41, 5.74) is 3.58. The molecule has 0 heterocycles. The minimum atomic E-state index is -0.330. The molecule has 3 aromatic rings. The molecule has 0 amide bonds. The fraction of sp³-hybridized carbons (Fsp3) is 0.259. The maximum absolute atomic E-state index is 12.0. The number of carbonyl (C=O) groups excluding carboxylic acids is 1. The van der Waals surface area contributed by atoms with Crippen molar-refractivity contribution in [3.63, 3.8) is 0 Å². The van der Waals surface area contributed by atoms with Crippen molar-refractivity contribution < 1.29 is 19.0 Å². The number of rotatable bonds is 9. The van der Waals surface area contributed by atoms with E-state index < -0.39 is 0 Å². The van der Waals surface area contributed by atoms with Crippen LogP contribution in [-0.2, 0) is 17.8 Å². The topological polar surface area (TPSA) is 60.4 Å². The zero-order chi connectivity index (χ0) is 24.3. The number of aliphatic imine (C=N–C) groups is 1. The summed E-state index contributed by atoms with van der Waals surface area (Å²) in [5, 5.41) is 0.871. The quantitative estimate of drug-likeness (QED) is 0.119. The monoisotopic (exact) mass is 606 g/mol. The summed E-state index contributed by atoms with van der Waals surface area (Å²) < 4.78 is 15.7. The molecule has 0 spiro atoms. The van der Waals surface area contributed by atoms with Crippen LogP contribution in [0, 0.1) is 0 Å². The number of hydrogen-bond acceptors (Lipinski definition) is 6. The molecule has 0 unspecified atom stereocenters. The van der Waals surface area contributed by atoms with Crippen molar-refractivity contribution in [2.75, 3.05) is 27.1 Å². The molecule has 0 N–H and O–H groups in total. The van der Waals surface area contributed by atoms with Gasteiger partial charge >= 0.3 is 5.97 Å². The zero-order valence-corrected chi connectivity index (χ0v) is 23.5. The van der Waals surface area contributed by atoms with E-state index >= 15 is 0 Å². The molecule has 35 heavy (non-hydrogen) atoms. The van der Waals surface area contributed by atoms with Crippen LogP contribution in [0.2, 0.25) is 0 Å². The van der Waals surface area contributed by atoms with Crippen LogP contribution in [0.1, 0.15) is 28.4 Å². The second-order valence-corrected chi connectivity index (χ2v) is 8.19. The molecule has 186 valence electrons. The summed E-state index contributed by atoms with van der Waals surface area (Å²) >= 11 is 1.58. The van der Waals surface area contributed by atoms with E-state index in [4.69, 9.17) is 19.2 Å². The van der Waals surface area contributed by atoms with Gasteiger partial charge in [0, 0.05) is 13.1 Å². The molecule has 0 aliphatic carbocycles. The Morgan fingerprint density at radius 1 is 0.829 bits per heavy atom. The Hall–Kier alpha value is -2.72. The molecule has 0 bridgehead atoms. The van der Waals surface area contributed by atoms with Crippen LogP contribution in [-0.4, -0.2) is 43.1 Å². The minimum absolute atomic E-state index is 0. The highest BCUT2D eigenvalue weighted by molar-refractivity contribution is 14.0. The minimum Gasteiger partial charge on any atom is -0.497 e. The molecule has 8 heteroatoms. The van der Waals surface area contributed by atoms with Gasteiger partial charge in [0.25, 0.3) is 0 Å². The summed E-state index contributed by atoms with van der Waals surface area (Å²) in [6, 6.07) is 23.3. The first-order valence-corrected chi connectivity index (χ1v) is 12.2. The Morgan fingerprint density at radius 2 is 1.31 bits per heavy atom.